The van der Waals surface area contributed by atoms with Crippen LogP contribution in [-0.4, -0.2) is 25.9 Å². The first-order chi connectivity index (χ1) is 2.64. The summed E-state index contributed by atoms with van der Waals surface area (Å²) in [6, 6.07) is 0. The van der Waals surface area contributed by atoms with Crippen molar-refractivity contribution in [3.8, 4) is 0 Å². The van der Waals surface area contributed by atoms with Gasteiger partial charge in [-0.3, -0.25) is 0 Å². The van der Waals surface area contributed by atoms with Gasteiger partial charge in [0.2, 0.25) is 0 Å². The van der Waals surface area contributed by atoms with Crippen LogP contribution < -0.4 is 0 Å². The Morgan fingerprint density at radius 3 is 1.17 bits per heavy atom. The topological polar surface area (TPSA) is 0 Å². The SMILES string of the molecule is B=C(C)C(=B)C. The fraction of sp³-hybridized carbons (Fsp3) is 0.500. The van der Waals surface area contributed by atoms with Crippen molar-refractivity contribution in [2.45, 2.75) is 13.8 Å². The Labute approximate surface area is 40.7 Å². The molecule has 0 aromatic rings. The molecule has 0 nitrogen and oxygen atoms in total. The van der Waals surface area contributed by atoms with Crippen LogP contribution in [0.5, 0.6) is 0 Å². The summed E-state index contributed by atoms with van der Waals surface area (Å²) in [5, 5.41) is 0. The van der Waals surface area contributed by atoms with Gasteiger partial charge in [-0.05, 0) is 0 Å². The summed E-state index contributed by atoms with van der Waals surface area (Å²) >= 11 is 0. The fourth-order valence-electron chi connectivity index (χ4n) is 0. The van der Waals surface area contributed by atoms with Crippen LogP contribution >= 0.6 is 0 Å². The molecule has 0 N–H and O–H groups in total. The molecule has 0 aromatic heterocycles. The van der Waals surface area contributed by atoms with Crippen LogP contribution in [0.15, 0.2) is 0 Å². The van der Waals surface area contributed by atoms with E-state index in [0.29, 0.717) is 0 Å². The van der Waals surface area contributed by atoms with Crippen molar-refractivity contribution in [3.05, 3.63) is 0 Å². The molecule has 0 bridgehead atoms. The molecule has 30 valence electrons. The summed E-state index contributed by atoms with van der Waals surface area (Å²) in [6.07, 6.45) is 0. The summed E-state index contributed by atoms with van der Waals surface area (Å²) in [6.45, 7) is 3.89. The van der Waals surface area contributed by atoms with Crippen molar-refractivity contribution in [1.29, 1.82) is 0 Å². The molecular weight excluding hydrogens is 69.7 g/mol. The Balaban J connectivity index is 3.57. The molecule has 0 amide bonds. The van der Waals surface area contributed by atoms with Gasteiger partial charge < -0.3 is 0 Å². The van der Waals surface area contributed by atoms with Crippen LogP contribution in [0.3, 0.4) is 0 Å². The average molecular weight is 77.7 g/mol. The van der Waals surface area contributed by atoms with Crippen molar-refractivity contribution in [2.75, 3.05) is 0 Å². The summed E-state index contributed by atoms with van der Waals surface area (Å²) in [5.74, 6) is 0. The van der Waals surface area contributed by atoms with Gasteiger partial charge in [-0.25, -0.2) is 0 Å². The third kappa shape index (κ3) is 2.13. The van der Waals surface area contributed by atoms with E-state index in [1.165, 1.54) is 0 Å². The molecule has 0 fully saturated rings. The van der Waals surface area contributed by atoms with E-state index >= 15 is 0 Å². The predicted octanol–water partition coefficient (Wildman–Crippen LogP) is -0.827. The first-order valence-corrected chi connectivity index (χ1v) is 1.96. The van der Waals surface area contributed by atoms with Crippen LogP contribution in [0.2, 0.25) is 0 Å². The molecule has 6 heavy (non-hydrogen) atoms. The molecule has 0 aromatic carbocycles. The van der Waals surface area contributed by atoms with E-state index in [2.05, 4.69) is 15.0 Å². The third-order valence-electron chi connectivity index (χ3n) is 0.729. The van der Waals surface area contributed by atoms with E-state index in [4.69, 9.17) is 0 Å². The van der Waals surface area contributed by atoms with Crippen molar-refractivity contribution in [1.82, 2.24) is 0 Å². The van der Waals surface area contributed by atoms with E-state index in [1.807, 2.05) is 13.8 Å². The molecule has 0 spiro atoms. The predicted molar refractivity (Wildman–Crippen MR) is 35.7 cm³/mol. The second-order valence-corrected chi connectivity index (χ2v) is 1.56. The van der Waals surface area contributed by atoms with Crippen LogP contribution in [0.25, 0.3) is 0 Å². The van der Waals surface area contributed by atoms with Gasteiger partial charge >= 0.3 is 39.7 Å². The van der Waals surface area contributed by atoms with Gasteiger partial charge in [0, 0.05) is 0 Å². The first kappa shape index (κ1) is 5.87. The molecule has 0 saturated heterocycles. The van der Waals surface area contributed by atoms with Gasteiger partial charge in [-0.2, -0.15) is 0 Å². The van der Waals surface area contributed by atoms with E-state index in [9.17, 15) is 0 Å². The molecule has 0 rings (SSSR count). The maximum atomic E-state index is 3.66. The monoisotopic (exact) mass is 78.1 g/mol. The Kier molecular flexibility index (Phi) is 2.07. The van der Waals surface area contributed by atoms with Crippen LogP contribution in [0, 0.1) is 0 Å². The van der Waals surface area contributed by atoms with Gasteiger partial charge in [-0.1, -0.05) is 0 Å². The molecular formula is C4H8B2. The molecule has 0 saturated carbocycles. The Hall–Kier alpha value is -0.130. The van der Waals surface area contributed by atoms with Gasteiger partial charge in [0.15, 0.2) is 0 Å². The molecule has 0 atom stereocenters. The Bertz CT molecular complexity index is 71.5. The van der Waals surface area contributed by atoms with Crippen molar-refractivity contribution in [2.24, 2.45) is 0 Å². The summed E-state index contributed by atoms with van der Waals surface area (Å²) in [4.78, 5) is 0. The molecule has 0 aliphatic carbocycles. The van der Waals surface area contributed by atoms with Crippen molar-refractivity contribution in [3.63, 3.8) is 0 Å². The third-order valence-corrected chi connectivity index (χ3v) is 0.729. The standard InChI is InChI=1S/C4H8B2/c1-3(5)4(2)6/h5-6H,1-2H3. The normalized spacial score (nSPS) is 7.33. The van der Waals surface area contributed by atoms with Crippen molar-refractivity contribution < 1.29 is 0 Å². The molecule has 2 heteroatoms. The second kappa shape index (κ2) is 2.12. The van der Waals surface area contributed by atoms with Crippen LogP contribution in [-0.2, 0) is 0 Å². The van der Waals surface area contributed by atoms with Gasteiger partial charge in [0.1, 0.15) is 0 Å². The second-order valence-electron chi connectivity index (χ2n) is 1.56. The quantitative estimate of drug-likeness (QED) is 0.359. The maximum absolute atomic E-state index is 3.66. The minimum absolute atomic E-state index is 1.06. The zero-order chi connectivity index (χ0) is 5.15. The van der Waals surface area contributed by atoms with E-state index in [1.54, 1.807) is 0 Å². The van der Waals surface area contributed by atoms with Gasteiger partial charge in [0.05, 0.1) is 0 Å². The van der Waals surface area contributed by atoms with Crippen LogP contribution in [0.1, 0.15) is 13.8 Å². The fourth-order valence-corrected chi connectivity index (χ4v) is 0. The number of rotatable bonds is 1. The van der Waals surface area contributed by atoms with Crippen LogP contribution in [0.4, 0.5) is 0 Å². The number of hydrogen-bond donors (Lipinski definition) is 0. The summed E-state index contributed by atoms with van der Waals surface area (Å²) in [7, 11) is 7.31. The first-order valence-electron chi connectivity index (χ1n) is 1.96. The number of hydrogen-bond acceptors (Lipinski definition) is 0. The molecule has 0 aliphatic rings. The Morgan fingerprint density at radius 1 is 1.00 bits per heavy atom. The van der Waals surface area contributed by atoms with E-state index in [0.717, 1.165) is 10.9 Å². The van der Waals surface area contributed by atoms with Crippen molar-refractivity contribution >= 4 is 25.9 Å². The molecule has 0 heterocycles. The minimum atomic E-state index is 1.06. The summed E-state index contributed by atoms with van der Waals surface area (Å²) < 4.78 is 0. The summed E-state index contributed by atoms with van der Waals surface area (Å²) in [5.41, 5.74) is 2.13. The van der Waals surface area contributed by atoms with E-state index < -0.39 is 0 Å². The molecule has 0 unspecified atom stereocenters. The zero-order valence-corrected chi connectivity index (χ0v) is 4.41. The molecule has 0 radical (unpaired) electrons. The molecule has 0 aliphatic heterocycles. The Morgan fingerprint density at radius 2 is 1.17 bits per heavy atom. The average Bonchev–Trinajstić information content (AvgIpc) is 1.36. The van der Waals surface area contributed by atoms with E-state index in [-0.39, 0.29) is 0 Å². The van der Waals surface area contributed by atoms with Gasteiger partial charge in [0.25, 0.3) is 0 Å². The van der Waals surface area contributed by atoms with Gasteiger partial charge in [-0.15, -0.1) is 0 Å². The zero-order valence-electron chi connectivity index (χ0n) is 4.41.